The highest BCUT2D eigenvalue weighted by atomic mass is 16.7. The maximum atomic E-state index is 12.7. The van der Waals surface area contributed by atoms with Gasteiger partial charge in [-0.05, 0) is 24.3 Å². The van der Waals surface area contributed by atoms with Crippen molar-refractivity contribution in [1.29, 1.82) is 0 Å². The molecule has 2 aromatic carbocycles. The standard InChI is InChI=1S/C16H10N2O3/c19-16(10-5-6-13-14(7-10)21-9-20-13)15-11-3-1-2-4-12(11)17-8-18-15/h1-8H,9H2. The van der Waals surface area contributed by atoms with Crippen LogP contribution in [-0.2, 0) is 0 Å². The summed E-state index contributed by atoms with van der Waals surface area (Å²) < 4.78 is 10.6. The zero-order chi connectivity index (χ0) is 14.2. The summed E-state index contributed by atoms with van der Waals surface area (Å²) in [5, 5.41) is 0.739. The van der Waals surface area contributed by atoms with Gasteiger partial charge in [0.25, 0.3) is 0 Å². The van der Waals surface area contributed by atoms with E-state index < -0.39 is 0 Å². The molecule has 0 spiro atoms. The van der Waals surface area contributed by atoms with Gasteiger partial charge in [-0.25, -0.2) is 9.97 Å². The average Bonchev–Trinajstić information content (AvgIpc) is 3.01. The van der Waals surface area contributed by atoms with E-state index >= 15 is 0 Å². The average molecular weight is 278 g/mol. The molecule has 5 heteroatoms. The molecule has 0 amide bonds. The third kappa shape index (κ3) is 1.90. The van der Waals surface area contributed by atoms with Crippen LogP contribution in [0.5, 0.6) is 11.5 Å². The van der Waals surface area contributed by atoms with Crippen LogP contribution < -0.4 is 9.47 Å². The molecule has 1 aromatic heterocycles. The lowest BCUT2D eigenvalue weighted by atomic mass is 10.0. The van der Waals surface area contributed by atoms with Crippen molar-refractivity contribution in [1.82, 2.24) is 9.97 Å². The lowest BCUT2D eigenvalue weighted by Gasteiger charge is -2.05. The van der Waals surface area contributed by atoms with Crippen molar-refractivity contribution < 1.29 is 14.3 Å². The van der Waals surface area contributed by atoms with Gasteiger partial charge in [-0.1, -0.05) is 18.2 Å². The highest BCUT2D eigenvalue weighted by molar-refractivity contribution is 6.14. The minimum Gasteiger partial charge on any atom is -0.454 e. The fourth-order valence-electron chi connectivity index (χ4n) is 2.36. The quantitative estimate of drug-likeness (QED) is 0.674. The van der Waals surface area contributed by atoms with E-state index in [2.05, 4.69) is 9.97 Å². The molecule has 1 aliphatic rings. The van der Waals surface area contributed by atoms with Crippen molar-refractivity contribution >= 4 is 16.7 Å². The Kier molecular flexibility index (Phi) is 2.57. The van der Waals surface area contributed by atoms with E-state index in [-0.39, 0.29) is 12.6 Å². The van der Waals surface area contributed by atoms with Gasteiger partial charge in [-0.15, -0.1) is 0 Å². The van der Waals surface area contributed by atoms with E-state index in [0.29, 0.717) is 22.8 Å². The topological polar surface area (TPSA) is 61.3 Å². The highest BCUT2D eigenvalue weighted by Gasteiger charge is 2.19. The van der Waals surface area contributed by atoms with Crippen LogP contribution in [0.3, 0.4) is 0 Å². The highest BCUT2D eigenvalue weighted by Crippen LogP contribution is 2.33. The number of ether oxygens (including phenoxy) is 2. The predicted molar refractivity (Wildman–Crippen MR) is 75.5 cm³/mol. The summed E-state index contributed by atoms with van der Waals surface area (Å²) in [5.41, 5.74) is 1.65. The summed E-state index contributed by atoms with van der Waals surface area (Å²) in [6.07, 6.45) is 1.41. The lowest BCUT2D eigenvalue weighted by molar-refractivity contribution is 0.103. The van der Waals surface area contributed by atoms with Crippen LogP contribution in [-0.4, -0.2) is 22.5 Å². The molecule has 0 radical (unpaired) electrons. The molecule has 0 atom stereocenters. The van der Waals surface area contributed by atoms with Gasteiger partial charge in [0, 0.05) is 10.9 Å². The molecule has 0 aliphatic carbocycles. The Hall–Kier alpha value is -2.95. The molecule has 0 bridgehead atoms. The number of hydrogen-bond donors (Lipinski definition) is 0. The van der Waals surface area contributed by atoms with E-state index in [4.69, 9.17) is 9.47 Å². The van der Waals surface area contributed by atoms with Crippen molar-refractivity contribution in [2.45, 2.75) is 0 Å². The molecule has 0 fully saturated rings. The third-order valence-corrected chi connectivity index (χ3v) is 3.39. The number of rotatable bonds is 2. The second kappa shape index (κ2) is 4.56. The molecule has 4 rings (SSSR count). The van der Waals surface area contributed by atoms with Crippen LogP contribution >= 0.6 is 0 Å². The fraction of sp³-hybridized carbons (Fsp3) is 0.0625. The summed E-state index contributed by atoms with van der Waals surface area (Å²) >= 11 is 0. The van der Waals surface area contributed by atoms with Crippen LogP contribution in [0, 0.1) is 0 Å². The van der Waals surface area contributed by atoms with Crippen molar-refractivity contribution in [2.24, 2.45) is 0 Å². The molecule has 0 N–H and O–H groups in total. The molecule has 21 heavy (non-hydrogen) atoms. The zero-order valence-corrected chi connectivity index (χ0v) is 10.9. The first-order chi connectivity index (χ1) is 10.3. The van der Waals surface area contributed by atoms with Crippen LogP contribution in [0.1, 0.15) is 16.1 Å². The Morgan fingerprint density at radius 1 is 1.00 bits per heavy atom. The minimum atomic E-state index is -0.160. The van der Waals surface area contributed by atoms with E-state index in [1.54, 1.807) is 18.2 Å². The maximum absolute atomic E-state index is 12.7. The molecule has 1 aliphatic heterocycles. The van der Waals surface area contributed by atoms with E-state index in [1.165, 1.54) is 6.33 Å². The Morgan fingerprint density at radius 2 is 1.86 bits per heavy atom. The molecular weight excluding hydrogens is 268 g/mol. The van der Waals surface area contributed by atoms with Crippen molar-refractivity contribution in [2.75, 3.05) is 6.79 Å². The van der Waals surface area contributed by atoms with Gasteiger partial charge in [0.15, 0.2) is 11.5 Å². The van der Waals surface area contributed by atoms with Crippen molar-refractivity contribution in [3.63, 3.8) is 0 Å². The van der Waals surface area contributed by atoms with Gasteiger partial charge in [0.05, 0.1) is 5.52 Å². The number of carbonyl (C=O) groups excluding carboxylic acids is 1. The first kappa shape index (κ1) is 11.8. The SMILES string of the molecule is O=C(c1ccc2c(c1)OCO2)c1ncnc2ccccc12. The Balaban J connectivity index is 1.83. The Labute approximate surface area is 120 Å². The van der Waals surface area contributed by atoms with E-state index in [1.807, 2.05) is 24.3 Å². The first-order valence-electron chi connectivity index (χ1n) is 6.47. The summed E-state index contributed by atoms with van der Waals surface area (Å²) in [5.74, 6) is 1.07. The van der Waals surface area contributed by atoms with Gasteiger partial charge in [-0.3, -0.25) is 4.79 Å². The molecule has 2 heterocycles. The smallest absolute Gasteiger partial charge is 0.231 e. The van der Waals surface area contributed by atoms with Gasteiger partial charge >= 0.3 is 0 Å². The molecule has 102 valence electrons. The Bertz CT molecular complexity index is 856. The molecule has 5 nitrogen and oxygen atoms in total. The van der Waals surface area contributed by atoms with Crippen LogP contribution in [0.2, 0.25) is 0 Å². The fourth-order valence-corrected chi connectivity index (χ4v) is 2.36. The Morgan fingerprint density at radius 3 is 2.81 bits per heavy atom. The van der Waals surface area contributed by atoms with Gasteiger partial charge in [0.1, 0.15) is 12.0 Å². The van der Waals surface area contributed by atoms with Gasteiger partial charge in [0.2, 0.25) is 12.6 Å². The number of carbonyl (C=O) groups is 1. The van der Waals surface area contributed by atoms with Gasteiger partial charge < -0.3 is 9.47 Å². The third-order valence-electron chi connectivity index (χ3n) is 3.39. The largest absolute Gasteiger partial charge is 0.454 e. The molecular formula is C16H10N2O3. The van der Waals surface area contributed by atoms with Crippen LogP contribution in [0.25, 0.3) is 10.9 Å². The predicted octanol–water partition coefficient (Wildman–Crippen LogP) is 2.59. The number of nitrogens with zero attached hydrogens (tertiary/aromatic N) is 2. The normalized spacial score (nSPS) is 12.6. The molecule has 0 saturated heterocycles. The van der Waals surface area contributed by atoms with Gasteiger partial charge in [-0.2, -0.15) is 0 Å². The monoisotopic (exact) mass is 278 g/mol. The number of aromatic nitrogens is 2. The number of benzene rings is 2. The summed E-state index contributed by atoms with van der Waals surface area (Å²) in [4.78, 5) is 21.0. The first-order valence-corrected chi connectivity index (χ1v) is 6.47. The molecule has 0 saturated carbocycles. The minimum absolute atomic E-state index is 0.160. The number of para-hydroxylation sites is 1. The lowest BCUT2D eigenvalue weighted by Crippen LogP contribution is -2.05. The summed E-state index contributed by atoms with van der Waals surface area (Å²) in [7, 11) is 0. The number of hydrogen-bond acceptors (Lipinski definition) is 5. The van der Waals surface area contributed by atoms with Crippen LogP contribution in [0.4, 0.5) is 0 Å². The zero-order valence-electron chi connectivity index (χ0n) is 10.9. The van der Waals surface area contributed by atoms with E-state index in [0.717, 1.165) is 10.9 Å². The maximum Gasteiger partial charge on any atom is 0.231 e. The number of fused-ring (bicyclic) bond motifs is 2. The molecule has 3 aromatic rings. The summed E-state index contributed by atoms with van der Waals surface area (Å²) in [6, 6.07) is 12.6. The summed E-state index contributed by atoms with van der Waals surface area (Å²) in [6.45, 7) is 0.184. The number of ketones is 1. The van der Waals surface area contributed by atoms with E-state index in [9.17, 15) is 4.79 Å². The molecule has 0 unspecified atom stereocenters. The second-order valence-electron chi connectivity index (χ2n) is 4.64. The van der Waals surface area contributed by atoms with Crippen molar-refractivity contribution in [3.05, 3.63) is 60.0 Å². The second-order valence-corrected chi connectivity index (χ2v) is 4.64. The van der Waals surface area contributed by atoms with Crippen LogP contribution in [0.15, 0.2) is 48.8 Å². The van der Waals surface area contributed by atoms with Crippen molar-refractivity contribution in [3.8, 4) is 11.5 Å².